The predicted molar refractivity (Wildman–Crippen MR) is 88.4 cm³/mol. The average Bonchev–Trinajstić information content (AvgIpc) is 3.17. The fourth-order valence-corrected chi connectivity index (χ4v) is 3.50. The van der Waals surface area contributed by atoms with Crippen LogP contribution in [-0.4, -0.2) is 39.9 Å². The Kier molecular flexibility index (Phi) is 3.93. The molecule has 1 saturated carbocycles. The zero-order valence-electron chi connectivity index (χ0n) is 13.3. The molecule has 3 heterocycles. The molecule has 1 saturated heterocycles. The summed E-state index contributed by atoms with van der Waals surface area (Å²) in [6.07, 6.45) is 2.24. The largest absolute Gasteiger partial charge is 0.377 e. The van der Waals surface area contributed by atoms with Gasteiger partial charge in [-0.2, -0.15) is 5.10 Å². The number of aromatic nitrogens is 3. The maximum absolute atomic E-state index is 12.3. The molecule has 2 aromatic heterocycles. The van der Waals surface area contributed by atoms with Crippen LogP contribution in [0, 0.1) is 6.92 Å². The van der Waals surface area contributed by atoms with E-state index in [0.717, 1.165) is 23.5 Å². The molecule has 0 aromatic carbocycles. The quantitative estimate of drug-likeness (QED) is 0.901. The van der Waals surface area contributed by atoms with Gasteiger partial charge >= 0.3 is 0 Å². The van der Waals surface area contributed by atoms with Crippen molar-refractivity contribution in [2.75, 3.05) is 13.2 Å². The molecule has 2 aliphatic rings. The van der Waals surface area contributed by atoms with Crippen molar-refractivity contribution in [1.82, 2.24) is 20.1 Å². The second-order valence-electron chi connectivity index (χ2n) is 6.25. The maximum Gasteiger partial charge on any atom is 0.271 e. The van der Waals surface area contributed by atoms with Crippen LogP contribution in [0.2, 0.25) is 0 Å². The SMILES string of the molecule is Cc1nc(C(=O)NC2COCC2n2nc(C3CC3)ccc2=O)cs1. The van der Waals surface area contributed by atoms with Gasteiger partial charge in [-0.05, 0) is 25.8 Å². The van der Waals surface area contributed by atoms with E-state index in [1.807, 2.05) is 6.92 Å². The van der Waals surface area contributed by atoms with Crippen LogP contribution < -0.4 is 10.9 Å². The molecule has 1 amide bonds. The summed E-state index contributed by atoms with van der Waals surface area (Å²) in [5, 5.41) is 10.0. The van der Waals surface area contributed by atoms with E-state index in [4.69, 9.17) is 4.74 Å². The summed E-state index contributed by atoms with van der Waals surface area (Å²) in [6, 6.07) is 2.78. The number of hydrogen-bond acceptors (Lipinski definition) is 6. The minimum atomic E-state index is -0.292. The zero-order chi connectivity index (χ0) is 16.7. The Morgan fingerprint density at radius 3 is 2.92 bits per heavy atom. The van der Waals surface area contributed by atoms with Gasteiger partial charge in [0.2, 0.25) is 0 Å². The molecule has 2 fully saturated rings. The molecule has 7 nitrogen and oxygen atoms in total. The van der Waals surface area contributed by atoms with Gasteiger partial charge in [0.15, 0.2) is 0 Å². The van der Waals surface area contributed by atoms with Gasteiger partial charge in [0, 0.05) is 17.4 Å². The number of thiazole rings is 1. The lowest BCUT2D eigenvalue weighted by Gasteiger charge is -2.20. The van der Waals surface area contributed by atoms with Crippen LogP contribution >= 0.6 is 11.3 Å². The highest BCUT2D eigenvalue weighted by Crippen LogP contribution is 2.38. The fraction of sp³-hybridized carbons (Fsp3) is 0.500. The van der Waals surface area contributed by atoms with E-state index in [0.29, 0.717) is 24.8 Å². The molecule has 1 aliphatic heterocycles. The minimum absolute atomic E-state index is 0.168. The topological polar surface area (TPSA) is 86.1 Å². The molecule has 2 unspecified atom stereocenters. The van der Waals surface area contributed by atoms with Crippen molar-refractivity contribution in [2.45, 2.75) is 37.8 Å². The van der Waals surface area contributed by atoms with Gasteiger partial charge in [-0.3, -0.25) is 9.59 Å². The monoisotopic (exact) mass is 346 g/mol. The molecule has 1 aliphatic carbocycles. The van der Waals surface area contributed by atoms with Crippen LogP contribution in [0.4, 0.5) is 0 Å². The molecule has 126 valence electrons. The second-order valence-corrected chi connectivity index (χ2v) is 7.31. The summed E-state index contributed by atoms with van der Waals surface area (Å²) in [7, 11) is 0. The van der Waals surface area contributed by atoms with Gasteiger partial charge in [-0.15, -0.1) is 11.3 Å². The van der Waals surface area contributed by atoms with Gasteiger partial charge in [-0.25, -0.2) is 9.67 Å². The molecule has 2 aromatic rings. The summed E-state index contributed by atoms with van der Waals surface area (Å²) in [5.41, 5.74) is 1.18. The zero-order valence-corrected chi connectivity index (χ0v) is 14.1. The van der Waals surface area contributed by atoms with Crippen LogP contribution in [-0.2, 0) is 4.74 Å². The van der Waals surface area contributed by atoms with Crippen molar-refractivity contribution < 1.29 is 9.53 Å². The summed E-state index contributed by atoms with van der Waals surface area (Å²) >= 11 is 1.43. The normalized spacial score (nSPS) is 23.4. The van der Waals surface area contributed by atoms with Crippen molar-refractivity contribution in [3.8, 4) is 0 Å². The number of carbonyl (C=O) groups is 1. The van der Waals surface area contributed by atoms with Crippen LogP contribution in [0.25, 0.3) is 0 Å². The third-order valence-corrected chi connectivity index (χ3v) is 5.15. The van der Waals surface area contributed by atoms with Crippen molar-refractivity contribution >= 4 is 17.2 Å². The Labute approximate surface area is 142 Å². The standard InChI is InChI=1S/C16H18N4O3S/c1-9-17-13(8-24-9)16(22)18-12-6-23-7-14(12)20-15(21)5-4-11(19-20)10-2-3-10/h4-5,8,10,12,14H,2-3,6-7H2,1H3,(H,18,22). The Bertz CT molecular complexity index is 827. The third-order valence-electron chi connectivity index (χ3n) is 4.37. The number of carbonyl (C=O) groups excluding carboxylic acids is 1. The lowest BCUT2D eigenvalue weighted by molar-refractivity contribution is 0.0920. The Morgan fingerprint density at radius 1 is 1.38 bits per heavy atom. The first-order valence-corrected chi connectivity index (χ1v) is 8.90. The number of nitrogens with one attached hydrogen (secondary N) is 1. The molecular formula is C16H18N4O3S. The molecule has 2 atom stereocenters. The number of nitrogens with zero attached hydrogens (tertiary/aromatic N) is 3. The Hall–Kier alpha value is -2.06. The Balaban J connectivity index is 1.55. The summed E-state index contributed by atoms with van der Waals surface area (Å²) in [6.45, 7) is 2.58. The summed E-state index contributed by atoms with van der Waals surface area (Å²) in [4.78, 5) is 28.8. The van der Waals surface area contributed by atoms with Crippen LogP contribution in [0.5, 0.6) is 0 Å². The maximum atomic E-state index is 12.3. The Morgan fingerprint density at radius 2 is 2.21 bits per heavy atom. The first-order valence-electron chi connectivity index (χ1n) is 8.02. The minimum Gasteiger partial charge on any atom is -0.377 e. The first kappa shape index (κ1) is 15.5. The molecular weight excluding hydrogens is 328 g/mol. The lowest BCUT2D eigenvalue weighted by atomic mass is 10.1. The van der Waals surface area contributed by atoms with Gasteiger partial charge in [0.25, 0.3) is 11.5 Å². The van der Waals surface area contributed by atoms with Crippen LogP contribution in [0.15, 0.2) is 22.3 Å². The summed E-state index contributed by atoms with van der Waals surface area (Å²) in [5.74, 6) is 0.219. The number of ether oxygens (including phenoxy) is 1. The molecule has 4 rings (SSSR count). The van der Waals surface area contributed by atoms with E-state index in [-0.39, 0.29) is 23.6 Å². The average molecular weight is 346 g/mol. The molecule has 0 bridgehead atoms. The predicted octanol–water partition coefficient (Wildman–Crippen LogP) is 1.26. The number of hydrogen-bond donors (Lipinski definition) is 1. The highest BCUT2D eigenvalue weighted by atomic mass is 32.1. The van der Waals surface area contributed by atoms with Gasteiger partial charge in [0.1, 0.15) is 11.7 Å². The second kappa shape index (κ2) is 6.10. The lowest BCUT2D eigenvalue weighted by Crippen LogP contribution is -2.44. The number of amides is 1. The van der Waals surface area contributed by atoms with E-state index in [2.05, 4.69) is 15.4 Å². The van der Waals surface area contributed by atoms with Crippen molar-refractivity contribution in [1.29, 1.82) is 0 Å². The van der Waals surface area contributed by atoms with Crippen LogP contribution in [0.3, 0.4) is 0 Å². The van der Waals surface area contributed by atoms with E-state index in [1.54, 1.807) is 17.5 Å². The number of aryl methyl sites for hydroxylation is 1. The summed E-state index contributed by atoms with van der Waals surface area (Å²) < 4.78 is 6.97. The number of rotatable bonds is 4. The highest BCUT2D eigenvalue weighted by Gasteiger charge is 2.34. The van der Waals surface area contributed by atoms with Crippen LogP contribution in [0.1, 0.15) is 46.0 Å². The van der Waals surface area contributed by atoms with E-state index < -0.39 is 0 Å². The molecule has 0 radical (unpaired) electrons. The highest BCUT2D eigenvalue weighted by molar-refractivity contribution is 7.09. The van der Waals surface area contributed by atoms with E-state index >= 15 is 0 Å². The van der Waals surface area contributed by atoms with Gasteiger partial charge < -0.3 is 10.1 Å². The fourth-order valence-electron chi connectivity index (χ4n) is 2.91. The molecule has 8 heteroatoms. The van der Waals surface area contributed by atoms with E-state index in [1.165, 1.54) is 16.0 Å². The van der Waals surface area contributed by atoms with Crippen molar-refractivity contribution in [3.05, 3.63) is 44.3 Å². The van der Waals surface area contributed by atoms with E-state index in [9.17, 15) is 9.59 Å². The van der Waals surface area contributed by atoms with Gasteiger partial charge in [0.05, 0.1) is 30.0 Å². The first-order chi connectivity index (χ1) is 11.6. The molecule has 0 spiro atoms. The molecule has 24 heavy (non-hydrogen) atoms. The third kappa shape index (κ3) is 2.99. The molecule has 1 N–H and O–H groups in total. The van der Waals surface area contributed by atoms with Gasteiger partial charge in [-0.1, -0.05) is 0 Å². The smallest absolute Gasteiger partial charge is 0.271 e. The van der Waals surface area contributed by atoms with Crippen molar-refractivity contribution in [2.24, 2.45) is 0 Å². The van der Waals surface area contributed by atoms with Crippen molar-refractivity contribution in [3.63, 3.8) is 0 Å².